The van der Waals surface area contributed by atoms with Crippen LogP contribution < -0.4 is 32.6 Å². The molecule has 2 aromatic rings. The average Bonchev–Trinajstić information content (AvgIpc) is 2.93. The van der Waals surface area contributed by atoms with Gasteiger partial charge in [0, 0.05) is 32.7 Å². The van der Waals surface area contributed by atoms with Gasteiger partial charge in [-0.3, -0.25) is 14.4 Å². The molecule has 0 spiro atoms. The van der Waals surface area contributed by atoms with E-state index in [-0.39, 0.29) is 38.3 Å². The Balaban J connectivity index is 2.22. The van der Waals surface area contributed by atoms with E-state index in [1.54, 1.807) is 0 Å². The number of ether oxygens (including phenoxy) is 1. The minimum Gasteiger partial charge on any atom is -0.406 e. The summed E-state index contributed by atoms with van der Waals surface area (Å²) >= 11 is 0. The Bertz CT molecular complexity index is 1200. The smallest absolute Gasteiger partial charge is 0.406 e. The molecule has 3 unspecified atom stereocenters. The molecule has 0 saturated carbocycles. The molecule has 0 aromatic heterocycles. The van der Waals surface area contributed by atoms with Crippen molar-refractivity contribution >= 4 is 17.7 Å². The lowest BCUT2D eigenvalue weighted by Crippen LogP contribution is -2.55. The summed E-state index contributed by atoms with van der Waals surface area (Å²) in [6.07, 6.45) is -12.0. The molecule has 43 heavy (non-hydrogen) atoms. The number of aliphatic hydroxyl groups is 1. The number of halogens is 6. The third-order valence-corrected chi connectivity index (χ3v) is 5.98. The molecule has 0 saturated heterocycles. The first kappa shape index (κ1) is 35.3. The molecule has 0 fully saturated rings. The summed E-state index contributed by atoms with van der Waals surface area (Å²) in [4.78, 5) is 39.8. The molecule has 17 heteroatoms. The molecule has 3 atom stereocenters. The maximum absolute atomic E-state index is 13.1. The van der Waals surface area contributed by atoms with Crippen molar-refractivity contribution in [2.24, 2.45) is 17.2 Å². The Morgan fingerprint density at radius 3 is 1.93 bits per heavy atom. The fourth-order valence-corrected chi connectivity index (χ4v) is 3.80. The molecule has 0 aliphatic carbocycles. The number of nitrogens with one attached hydrogen (secondary N) is 2. The highest BCUT2D eigenvalue weighted by atomic mass is 19.4. The Kier molecular flexibility index (Phi) is 12.7. The fourth-order valence-electron chi connectivity index (χ4n) is 3.80. The summed E-state index contributed by atoms with van der Waals surface area (Å²) < 4.78 is 79.9. The third-order valence-electron chi connectivity index (χ3n) is 5.98. The minimum atomic E-state index is -4.91. The van der Waals surface area contributed by atoms with E-state index < -0.39 is 66.2 Å². The Hall–Kier alpha value is -3.93. The molecule has 2 aromatic carbocycles. The molecule has 2 rings (SSSR count). The van der Waals surface area contributed by atoms with E-state index in [0.717, 1.165) is 24.3 Å². The van der Waals surface area contributed by atoms with E-state index in [1.165, 1.54) is 17.0 Å². The van der Waals surface area contributed by atoms with E-state index in [0.29, 0.717) is 17.7 Å². The highest BCUT2D eigenvalue weighted by Crippen LogP contribution is 2.30. The van der Waals surface area contributed by atoms with E-state index in [1.807, 2.05) is 0 Å². The van der Waals surface area contributed by atoms with Gasteiger partial charge in [-0.25, -0.2) is 0 Å². The zero-order valence-electron chi connectivity index (χ0n) is 22.6. The fraction of sp³-hybridized carbons (Fsp3) is 0.423. The quantitative estimate of drug-likeness (QED) is 0.168. The maximum Gasteiger partial charge on any atom is 0.573 e. The van der Waals surface area contributed by atoms with Gasteiger partial charge in [0.15, 0.2) is 0 Å². The number of hydrogen-bond acceptors (Lipinski definition) is 8. The summed E-state index contributed by atoms with van der Waals surface area (Å²) in [5.41, 5.74) is 16.0. The molecule has 238 valence electrons. The van der Waals surface area contributed by atoms with Gasteiger partial charge in [-0.2, -0.15) is 13.2 Å². The predicted molar refractivity (Wildman–Crippen MR) is 141 cm³/mol. The van der Waals surface area contributed by atoms with Crippen LogP contribution in [-0.2, 0) is 27.1 Å². The van der Waals surface area contributed by atoms with Gasteiger partial charge >= 0.3 is 12.5 Å². The van der Waals surface area contributed by atoms with E-state index >= 15 is 0 Å². The normalized spacial score (nSPS) is 13.9. The van der Waals surface area contributed by atoms with Gasteiger partial charge < -0.3 is 42.6 Å². The molecule has 3 amide bonds. The number of rotatable bonds is 14. The lowest BCUT2D eigenvalue weighted by molar-refractivity contribution is -0.274. The second-order valence-electron chi connectivity index (χ2n) is 9.23. The first-order valence-electron chi connectivity index (χ1n) is 12.8. The van der Waals surface area contributed by atoms with E-state index in [2.05, 4.69) is 15.4 Å². The summed E-state index contributed by atoms with van der Waals surface area (Å²) in [5.74, 6) is -3.11. The van der Waals surface area contributed by atoms with Crippen molar-refractivity contribution in [1.82, 2.24) is 15.5 Å². The van der Waals surface area contributed by atoms with Gasteiger partial charge in [0.2, 0.25) is 17.7 Å². The molecule has 0 radical (unpaired) electrons. The van der Waals surface area contributed by atoms with E-state index in [4.69, 9.17) is 17.2 Å². The summed E-state index contributed by atoms with van der Waals surface area (Å²) in [7, 11) is 0. The topological polar surface area (TPSA) is 186 Å². The summed E-state index contributed by atoms with van der Waals surface area (Å²) in [5, 5.41) is 15.5. The lowest BCUT2D eigenvalue weighted by Gasteiger charge is -2.26. The van der Waals surface area contributed by atoms with Crippen LogP contribution in [0.2, 0.25) is 0 Å². The van der Waals surface area contributed by atoms with Crippen molar-refractivity contribution in [3.8, 4) is 5.75 Å². The van der Waals surface area contributed by atoms with Crippen LogP contribution in [0.4, 0.5) is 26.3 Å². The monoisotopic (exact) mass is 622 g/mol. The zero-order chi connectivity index (χ0) is 32.4. The van der Waals surface area contributed by atoms with Gasteiger partial charge in [0.25, 0.3) is 0 Å². The van der Waals surface area contributed by atoms with Crippen molar-refractivity contribution in [2.75, 3.05) is 26.2 Å². The highest BCUT2D eigenvalue weighted by Gasteiger charge is 2.34. The van der Waals surface area contributed by atoms with Crippen molar-refractivity contribution < 1.29 is 50.6 Å². The van der Waals surface area contributed by atoms with Gasteiger partial charge in [0.05, 0.1) is 18.0 Å². The van der Waals surface area contributed by atoms with Crippen LogP contribution in [0.25, 0.3) is 0 Å². The molecule has 9 N–H and O–H groups in total. The minimum absolute atomic E-state index is 0.118. The Labute approximate surface area is 242 Å². The molecular formula is C26H32F6N6O5. The van der Waals surface area contributed by atoms with Crippen LogP contribution in [0, 0.1) is 0 Å². The Morgan fingerprint density at radius 1 is 0.884 bits per heavy atom. The number of carbonyl (C=O) groups is 3. The Morgan fingerprint density at radius 2 is 1.44 bits per heavy atom. The standard InChI is InChI=1S/C26H32F6N6O5/c27-25(28,29)17-5-3-16(4-6-17)22(40)21(37-23(41)19(35)13-20(39)38(11-9-33)12-10-34)24(42)36-14-15-1-7-18(8-2-15)43-26(30,31)32/h1-8,19,21-22,40H,9-14,33-35H2,(H,36,42)(H,37,41). The molecule has 0 heterocycles. The number of benzene rings is 2. The van der Waals surface area contributed by atoms with Crippen LogP contribution in [0.1, 0.15) is 29.2 Å². The van der Waals surface area contributed by atoms with Crippen LogP contribution in [0.15, 0.2) is 48.5 Å². The van der Waals surface area contributed by atoms with Crippen LogP contribution >= 0.6 is 0 Å². The SMILES string of the molecule is NCCN(CCN)C(=O)CC(N)C(=O)NC(C(=O)NCc1ccc(OC(F)(F)F)cc1)C(O)c1ccc(C(F)(F)F)cc1. The molecule has 0 aliphatic heterocycles. The number of nitrogens with zero attached hydrogens (tertiary/aromatic N) is 1. The van der Waals surface area contributed by atoms with Gasteiger partial charge in [-0.15, -0.1) is 13.2 Å². The largest absolute Gasteiger partial charge is 0.573 e. The van der Waals surface area contributed by atoms with Crippen molar-refractivity contribution in [3.63, 3.8) is 0 Å². The van der Waals surface area contributed by atoms with E-state index in [9.17, 15) is 45.8 Å². The number of hydrogen-bond donors (Lipinski definition) is 6. The number of carbonyl (C=O) groups excluding carboxylic acids is 3. The van der Waals surface area contributed by atoms with Crippen LogP contribution in [-0.4, -0.2) is 72.4 Å². The number of nitrogens with two attached hydrogens (primary N) is 3. The summed E-state index contributed by atoms with van der Waals surface area (Å²) in [6, 6.07) is 4.32. The molecule has 0 bridgehead atoms. The first-order valence-corrected chi connectivity index (χ1v) is 12.8. The zero-order valence-corrected chi connectivity index (χ0v) is 22.6. The second-order valence-corrected chi connectivity index (χ2v) is 9.23. The number of aliphatic hydroxyl groups excluding tert-OH is 1. The maximum atomic E-state index is 13.1. The van der Waals surface area contributed by atoms with Gasteiger partial charge in [-0.05, 0) is 35.4 Å². The predicted octanol–water partition coefficient (Wildman–Crippen LogP) is 0.902. The van der Waals surface area contributed by atoms with Crippen LogP contribution in [0.3, 0.4) is 0 Å². The molecule has 0 aliphatic rings. The average molecular weight is 623 g/mol. The first-order chi connectivity index (χ1) is 20.1. The third kappa shape index (κ3) is 11.3. The lowest BCUT2D eigenvalue weighted by atomic mass is 9.99. The van der Waals surface area contributed by atoms with Crippen molar-refractivity contribution in [1.29, 1.82) is 0 Å². The number of amides is 3. The van der Waals surface area contributed by atoms with Crippen molar-refractivity contribution in [3.05, 3.63) is 65.2 Å². The van der Waals surface area contributed by atoms with Gasteiger partial charge in [-0.1, -0.05) is 24.3 Å². The van der Waals surface area contributed by atoms with Gasteiger partial charge in [0.1, 0.15) is 17.9 Å². The molecular weight excluding hydrogens is 590 g/mol. The van der Waals surface area contributed by atoms with Crippen LogP contribution in [0.5, 0.6) is 5.75 Å². The highest BCUT2D eigenvalue weighted by molar-refractivity contribution is 5.92. The summed E-state index contributed by atoms with van der Waals surface area (Å²) in [6.45, 7) is 0.241. The van der Waals surface area contributed by atoms with Crippen molar-refractivity contribution in [2.45, 2.75) is 43.7 Å². The number of alkyl halides is 6. The second kappa shape index (κ2) is 15.5. The molecule has 11 nitrogen and oxygen atoms in total.